The van der Waals surface area contributed by atoms with Gasteiger partial charge in [-0.1, -0.05) is 45.2 Å². The molecule has 0 saturated carbocycles. The summed E-state index contributed by atoms with van der Waals surface area (Å²) in [6.45, 7) is 6.64. The van der Waals surface area contributed by atoms with Crippen LogP contribution in [0.25, 0.3) is 0 Å². The highest BCUT2D eigenvalue weighted by atomic mass is 14.5. The lowest BCUT2D eigenvalue weighted by Gasteiger charge is -2.13. The molecule has 1 atom stereocenters. The molecule has 0 aliphatic heterocycles. The summed E-state index contributed by atoms with van der Waals surface area (Å²) in [5.41, 5.74) is 9.34. The van der Waals surface area contributed by atoms with Crippen LogP contribution in [0.3, 0.4) is 0 Å². The molecule has 15 heavy (non-hydrogen) atoms. The van der Waals surface area contributed by atoms with Crippen LogP contribution in [0.15, 0.2) is 18.2 Å². The van der Waals surface area contributed by atoms with E-state index in [1.807, 2.05) is 6.07 Å². The molecular formula is C14H23N. The van der Waals surface area contributed by atoms with Gasteiger partial charge in [-0.05, 0) is 36.5 Å². The zero-order valence-corrected chi connectivity index (χ0v) is 10.2. The van der Waals surface area contributed by atoms with E-state index in [1.54, 1.807) is 0 Å². The highest BCUT2D eigenvalue weighted by Gasteiger charge is 2.05. The summed E-state index contributed by atoms with van der Waals surface area (Å²) in [5, 5.41) is 0. The maximum atomic E-state index is 5.81. The quantitative estimate of drug-likeness (QED) is 0.564. The Hall–Kier alpha value is -0.980. The monoisotopic (exact) mass is 205 g/mol. The number of rotatable bonds is 5. The number of benzene rings is 1. The Labute approximate surface area is 93.7 Å². The SMILES string of the molecule is CCCCCC(C)c1ccc(N)c(C)c1. The zero-order valence-electron chi connectivity index (χ0n) is 10.2. The lowest BCUT2D eigenvalue weighted by molar-refractivity contribution is 0.598. The summed E-state index contributed by atoms with van der Waals surface area (Å²) in [4.78, 5) is 0. The average molecular weight is 205 g/mol. The van der Waals surface area contributed by atoms with Crippen molar-refractivity contribution in [3.8, 4) is 0 Å². The standard InChI is InChI=1S/C14H23N/c1-4-5-6-7-11(2)13-8-9-14(15)12(3)10-13/h8-11H,4-7,15H2,1-3H3. The minimum Gasteiger partial charge on any atom is -0.399 e. The second-order valence-electron chi connectivity index (χ2n) is 4.51. The first-order valence-electron chi connectivity index (χ1n) is 6.01. The first-order chi connectivity index (χ1) is 7.15. The van der Waals surface area contributed by atoms with Crippen molar-refractivity contribution in [1.29, 1.82) is 0 Å². The molecule has 0 aliphatic rings. The maximum absolute atomic E-state index is 5.81. The van der Waals surface area contributed by atoms with Crippen molar-refractivity contribution in [2.45, 2.75) is 52.4 Å². The molecule has 0 bridgehead atoms. The largest absolute Gasteiger partial charge is 0.399 e. The molecule has 0 radical (unpaired) electrons. The molecule has 0 fully saturated rings. The summed E-state index contributed by atoms with van der Waals surface area (Å²) >= 11 is 0. The Morgan fingerprint density at radius 1 is 1.27 bits per heavy atom. The van der Waals surface area contributed by atoms with E-state index in [0.717, 1.165) is 5.69 Å². The third-order valence-corrected chi connectivity index (χ3v) is 3.10. The zero-order chi connectivity index (χ0) is 11.3. The van der Waals surface area contributed by atoms with Gasteiger partial charge in [0.2, 0.25) is 0 Å². The number of nitrogens with two attached hydrogens (primary N) is 1. The molecule has 0 aromatic heterocycles. The lowest BCUT2D eigenvalue weighted by atomic mass is 9.93. The van der Waals surface area contributed by atoms with E-state index in [-0.39, 0.29) is 0 Å². The molecule has 0 amide bonds. The van der Waals surface area contributed by atoms with Gasteiger partial charge in [0.1, 0.15) is 0 Å². The topological polar surface area (TPSA) is 26.0 Å². The molecule has 2 N–H and O–H groups in total. The number of hydrogen-bond acceptors (Lipinski definition) is 1. The van der Waals surface area contributed by atoms with Crippen LogP contribution in [0, 0.1) is 6.92 Å². The summed E-state index contributed by atoms with van der Waals surface area (Å²) in [6.07, 6.45) is 5.27. The van der Waals surface area contributed by atoms with Crippen LogP contribution in [-0.4, -0.2) is 0 Å². The highest BCUT2D eigenvalue weighted by molar-refractivity contribution is 5.48. The van der Waals surface area contributed by atoms with E-state index in [4.69, 9.17) is 5.73 Å². The van der Waals surface area contributed by atoms with Gasteiger partial charge < -0.3 is 5.73 Å². The lowest BCUT2D eigenvalue weighted by Crippen LogP contribution is -1.96. The summed E-state index contributed by atoms with van der Waals surface area (Å²) in [7, 11) is 0. The molecule has 1 aromatic rings. The van der Waals surface area contributed by atoms with E-state index in [1.165, 1.54) is 36.8 Å². The predicted molar refractivity (Wildman–Crippen MR) is 68.1 cm³/mol. The van der Waals surface area contributed by atoms with Gasteiger partial charge in [0.25, 0.3) is 0 Å². The van der Waals surface area contributed by atoms with Gasteiger partial charge in [-0.3, -0.25) is 0 Å². The fourth-order valence-corrected chi connectivity index (χ4v) is 1.87. The third-order valence-electron chi connectivity index (χ3n) is 3.10. The molecule has 1 aromatic carbocycles. The van der Waals surface area contributed by atoms with Gasteiger partial charge in [-0.25, -0.2) is 0 Å². The number of nitrogen functional groups attached to an aromatic ring is 1. The van der Waals surface area contributed by atoms with E-state index in [2.05, 4.69) is 32.9 Å². The highest BCUT2D eigenvalue weighted by Crippen LogP contribution is 2.24. The molecule has 0 saturated heterocycles. The van der Waals surface area contributed by atoms with E-state index in [0.29, 0.717) is 5.92 Å². The molecule has 1 nitrogen and oxygen atoms in total. The fraction of sp³-hybridized carbons (Fsp3) is 0.571. The van der Waals surface area contributed by atoms with Gasteiger partial charge in [0.15, 0.2) is 0 Å². The summed E-state index contributed by atoms with van der Waals surface area (Å²) < 4.78 is 0. The van der Waals surface area contributed by atoms with E-state index < -0.39 is 0 Å². The van der Waals surface area contributed by atoms with Crippen molar-refractivity contribution in [2.75, 3.05) is 5.73 Å². The van der Waals surface area contributed by atoms with Crippen LogP contribution < -0.4 is 5.73 Å². The molecule has 1 rings (SSSR count). The van der Waals surface area contributed by atoms with Crippen LogP contribution in [0.5, 0.6) is 0 Å². The van der Waals surface area contributed by atoms with Crippen LogP contribution in [0.1, 0.15) is 56.6 Å². The Bertz CT molecular complexity index is 304. The molecule has 84 valence electrons. The molecule has 1 unspecified atom stereocenters. The van der Waals surface area contributed by atoms with Gasteiger partial charge in [0.05, 0.1) is 0 Å². The summed E-state index contributed by atoms with van der Waals surface area (Å²) in [6, 6.07) is 6.42. The van der Waals surface area contributed by atoms with Crippen molar-refractivity contribution in [1.82, 2.24) is 0 Å². The minimum absolute atomic E-state index is 0.663. The van der Waals surface area contributed by atoms with Crippen molar-refractivity contribution in [2.24, 2.45) is 0 Å². The van der Waals surface area contributed by atoms with Crippen molar-refractivity contribution in [3.05, 3.63) is 29.3 Å². The Morgan fingerprint density at radius 2 is 2.00 bits per heavy atom. The Kier molecular flexibility index (Phi) is 4.67. The molecule has 0 aliphatic carbocycles. The van der Waals surface area contributed by atoms with Gasteiger partial charge in [-0.15, -0.1) is 0 Å². The average Bonchev–Trinajstić information content (AvgIpc) is 2.22. The van der Waals surface area contributed by atoms with Crippen molar-refractivity contribution in [3.63, 3.8) is 0 Å². The summed E-state index contributed by atoms with van der Waals surface area (Å²) in [5.74, 6) is 0.663. The molecule has 1 heteroatoms. The number of hydrogen-bond donors (Lipinski definition) is 1. The number of anilines is 1. The van der Waals surface area contributed by atoms with Crippen LogP contribution in [0.4, 0.5) is 5.69 Å². The Balaban J connectivity index is 2.57. The molecule has 0 spiro atoms. The van der Waals surface area contributed by atoms with Crippen molar-refractivity contribution < 1.29 is 0 Å². The number of aryl methyl sites for hydroxylation is 1. The number of unbranched alkanes of at least 4 members (excludes halogenated alkanes) is 2. The van der Waals surface area contributed by atoms with Gasteiger partial charge in [0, 0.05) is 5.69 Å². The van der Waals surface area contributed by atoms with Crippen LogP contribution in [0.2, 0.25) is 0 Å². The second kappa shape index (κ2) is 5.79. The normalized spacial score (nSPS) is 12.7. The molecular weight excluding hydrogens is 182 g/mol. The smallest absolute Gasteiger partial charge is 0.0343 e. The Morgan fingerprint density at radius 3 is 2.60 bits per heavy atom. The first-order valence-corrected chi connectivity index (χ1v) is 6.01. The van der Waals surface area contributed by atoms with Crippen LogP contribution >= 0.6 is 0 Å². The van der Waals surface area contributed by atoms with Crippen LogP contribution in [-0.2, 0) is 0 Å². The van der Waals surface area contributed by atoms with Crippen molar-refractivity contribution >= 4 is 5.69 Å². The van der Waals surface area contributed by atoms with E-state index in [9.17, 15) is 0 Å². The predicted octanol–water partition coefficient (Wildman–Crippen LogP) is 4.26. The second-order valence-corrected chi connectivity index (χ2v) is 4.51. The molecule has 0 heterocycles. The fourth-order valence-electron chi connectivity index (χ4n) is 1.87. The van der Waals surface area contributed by atoms with E-state index >= 15 is 0 Å². The van der Waals surface area contributed by atoms with Gasteiger partial charge >= 0.3 is 0 Å². The third kappa shape index (κ3) is 3.58. The first kappa shape index (κ1) is 12.1. The maximum Gasteiger partial charge on any atom is 0.0343 e. The van der Waals surface area contributed by atoms with Gasteiger partial charge in [-0.2, -0.15) is 0 Å². The minimum atomic E-state index is 0.663.